The van der Waals surface area contributed by atoms with Gasteiger partial charge in [0.05, 0.1) is 29.4 Å². The summed E-state index contributed by atoms with van der Waals surface area (Å²) in [5.41, 5.74) is 1.81. The Morgan fingerprint density at radius 3 is 2.85 bits per heavy atom. The molecule has 0 bridgehead atoms. The fraction of sp³-hybridized carbons (Fsp3) is 0.667. The molecule has 0 aliphatic carbocycles. The Bertz CT molecular complexity index is 856. The van der Waals surface area contributed by atoms with Gasteiger partial charge < -0.3 is 9.64 Å². The number of hydrogen-bond acceptors (Lipinski definition) is 5. The molecule has 1 saturated heterocycles. The van der Waals surface area contributed by atoms with Crippen LogP contribution in [0.2, 0.25) is 0 Å². The summed E-state index contributed by atoms with van der Waals surface area (Å²) < 4.78 is 21.0. The molecule has 1 unspecified atom stereocenters. The van der Waals surface area contributed by atoms with Gasteiger partial charge in [0, 0.05) is 18.6 Å². The molecule has 2 aliphatic heterocycles. The standard InChI is InChI=1S/C21H29FN4O/c1-5-12(2)20-24-19-17-16(23-14(4)18(19)22)8-6-7-15-11-27-10-9-13(3)26(15)21(17)25-20/h12-13,15H,5-11H2,1-4H3/t12?,13-,15+/m1/s1. The van der Waals surface area contributed by atoms with Crippen molar-refractivity contribution in [3.8, 4) is 0 Å². The number of fused-ring (bicyclic) bond motifs is 2. The molecule has 5 nitrogen and oxygen atoms in total. The van der Waals surface area contributed by atoms with Gasteiger partial charge in [0.1, 0.15) is 17.2 Å². The maximum absolute atomic E-state index is 15.1. The highest BCUT2D eigenvalue weighted by atomic mass is 19.1. The van der Waals surface area contributed by atoms with Crippen LogP contribution in [0.1, 0.15) is 69.6 Å². The number of ether oxygens (including phenoxy) is 1. The van der Waals surface area contributed by atoms with Crippen LogP contribution in [0, 0.1) is 12.7 Å². The third kappa shape index (κ3) is 3.18. The van der Waals surface area contributed by atoms with Crippen molar-refractivity contribution in [1.82, 2.24) is 15.0 Å². The Morgan fingerprint density at radius 1 is 1.26 bits per heavy atom. The number of nitrogens with zero attached hydrogens (tertiary/aromatic N) is 4. The number of pyridine rings is 1. The monoisotopic (exact) mass is 372 g/mol. The van der Waals surface area contributed by atoms with Gasteiger partial charge in [-0.3, -0.25) is 4.98 Å². The second-order valence-corrected chi connectivity index (χ2v) is 8.06. The predicted octanol–water partition coefficient (Wildman–Crippen LogP) is 4.31. The summed E-state index contributed by atoms with van der Waals surface area (Å²) in [5.74, 6) is 1.47. The van der Waals surface area contributed by atoms with Crippen molar-refractivity contribution in [3.63, 3.8) is 0 Å². The minimum Gasteiger partial charge on any atom is -0.379 e. The Morgan fingerprint density at radius 2 is 2.07 bits per heavy atom. The van der Waals surface area contributed by atoms with Crippen LogP contribution in [-0.4, -0.2) is 40.2 Å². The van der Waals surface area contributed by atoms with Crippen molar-refractivity contribution < 1.29 is 9.13 Å². The molecule has 146 valence electrons. The topological polar surface area (TPSA) is 51.1 Å². The lowest BCUT2D eigenvalue weighted by molar-refractivity contribution is 0.131. The number of halogens is 1. The van der Waals surface area contributed by atoms with Crippen LogP contribution < -0.4 is 4.90 Å². The van der Waals surface area contributed by atoms with E-state index in [0.29, 0.717) is 17.8 Å². The second-order valence-electron chi connectivity index (χ2n) is 8.06. The lowest BCUT2D eigenvalue weighted by Crippen LogP contribution is -2.44. The van der Waals surface area contributed by atoms with Crippen molar-refractivity contribution >= 4 is 16.7 Å². The summed E-state index contributed by atoms with van der Waals surface area (Å²) in [7, 11) is 0. The van der Waals surface area contributed by atoms with Gasteiger partial charge in [-0.15, -0.1) is 0 Å². The summed E-state index contributed by atoms with van der Waals surface area (Å²) in [4.78, 5) is 16.7. The molecule has 27 heavy (non-hydrogen) atoms. The molecule has 0 spiro atoms. The summed E-state index contributed by atoms with van der Waals surface area (Å²) in [5, 5.41) is 0.809. The third-order valence-electron chi connectivity index (χ3n) is 6.13. The first-order valence-corrected chi connectivity index (χ1v) is 10.2. The molecule has 0 saturated carbocycles. The lowest BCUT2D eigenvalue weighted by atomic mass is 9.98. The Hall–Kier alpha value is -1.82. The van der Waals surface area contributed by atoms with Crippen LogP contribution in [-0.2, 0) is 11.2 Å². The van der Waals surface area contributed by atoms with Gasteiger partial charge in [0.2, 0.25) is 0 Å². The molecule has 0 aromatic carbocycles. The highest BCUT2D eigenvalue weighted by Crippen LogP contribution is 2.37. The zero-order chi connectivity index (χ0) is 19.1. The van der Waals surface area contributed by atoms with Crippen molar-refractivity contribution in [2.45, 2.75) is 77.8 Å². The van der Waals surface area contributed by atoms with E-state index in [1.165, 1.54) is 0 Å². The van der Waals surface area contributed by atoms with Gasteiger partial charge in [-0.1, -0.05) is 13.8 Å². The molecule has 0 radical (unpaired) electrons. The molecular formula is C21H29FN4O. The quantitative estimate of drug-likeness (QED) is 0.786. The molecule has 6 heteroatoms. The summed E-state index contributed by atoms with van der Waals surface area (Å²) >= 11 is 0. The van der Waals surface area contributed by atoms with E-state index < -0.39 is 0 Å². The van der Waals surface area contributed by atoms with E-state index >= 15 is 4.39 Å². The lowest BCUT2D eigenvalue weighted by Gasteiger charge is -2.37. The molecule has 0 N–H and O–H groups in total. The highest BCUT2D eigenvalue weighted by molar-refractivity contribution is 5.93. The summed E-state index contributed by atoms with van der Waals surface area (Å²) in [6, 6.07) is 0.554. The normalized spacial score (nSPS) is 24.1. The Balaban J connectivity index is 2.04. The minimum absolute atomic E-state index is 0.185. The van der Waals surface area contributed by atoms with Gasteiger partial charge in [-0.05, 0) is 46.0 Å². The van der Waals surface area contributed by atoms with Crippen LogP contribution in [0.25, 0.3) is 10.9 Å². The fourth-order valence-corrected chi connectivity index (χ4v) is 4.30. The average Bonchev–Trinajstić information content (AvgIpc) is 2.83. The van der Waals surface area contributed by atoms with E-state index in [1.807, 2.05) is 0 Å². The summed E-state index contributed by atoms with van der Waals surface area (Å²) in [6.45, 7) is 9.64. The Kier molecular flexibility index (Phi) is 5.01. The van der Waals surface area contributed by atoms with Gasteiger partial charge in [0.15, 0.2) is 5.82 Å². The number of hydrogen-bond donors (Lipinski definition) is 0. The number of anilines is 1. The smallest absolute Gasteiger partial charge is 0.170 e. The van der Waals surface area contributed by atoms with E-state index in [2.05, 4.69) is 35.6 Å². The van der Waals surface area contributed by atoms with E-state index in [4.69, 9.17) is 9.72 Å². The molecule has 1 fully saturated rings. The Labute approximate surface area is 160 Å². The zero-order valence-electron chi connectivity index (χ0n) is 16.8. The molecular weight excluding hydrogens is 343 g/mol. The minimum atomic E-state index is -0.308. The van der Waals surface area contributed by atoms with Gasteiger partial charge >= 0.3 is 0 Å². The van der Waals surface area contributed by atoms with E-state index in [-0.39, 0.29) is 23.8 Å². The fourth-order valence-electron chi connectivity index (χ4n) is 4.30. The van der Waals surface area contributed by atoms with E-state index in [9.17, 15) is 0 Å². The average molecular weight is 372 g/mol. The number of rotatable bonds is 2. The first kappa shape index (κ1) is 18.5. The third-order valence-corrected chi connectivity index (χ3v) is 6.13. The van der Waals surface area contributed by atoms with E-state index in [0.717, 1.165) is 61.4 Å². The highest BCUT2D eigenvalue weighted by Gasteiger charge is 2.33. The van der Waals surface area contributed by atoms with Gasteiger partial charge in [-0.25, -0.2) is 14.4 Å². The van der Waals surface area contributed by atoms with Crippen LogP contribution >= 0.6 is 0 Å². The largest absolute Gasteiger partial charge is 0.379 e. The SMILES string of the molecule is CCC(C)c1nc2c3c(nc(C)c(F)c3n1)CCC[C@H]1COCC[C@@H](C)N21. The van der Waals surface area contributed by atoms with Crippen molar-refractivity contribution in [1.29, 1.82) is 0 Å². The first-order chi connectivity index (χ1) is 13.0. The molecule has 2 aromatic rings. The molecule has 4 heterocycles. The van der Waals surface area contributed by atoms with Gasteiger partial charge in [0.25, 0.3) is 0 Å². The van der Waals surface area contributed by atoms with Crippen LogP contribution in [0.4, 0.5) is 10.2 Å². The van der Waals surface area contributed by atoms with Crippen LogP contribution in [0.15, 0.2) is 0 Å². The predicted molar refractivity (Wildman–Crippen MR) is 105 cm³/mol. The molecule has 0 amide bonds. The molecule has 4 rings (SSSR count). The first-order valence-electron chi connectivity index (χ1n) is 10.2. The molecule has 2 aromatic heterocycles. The maximum Gasteiger partial charge on any atom is 0.170 e. The number of aryl methyl sites for hydroxylation is 2. The van der Waals surface area contributed by atoms with Crippen molar-refractivity contribution in [2.24, 2.45) is 0 Å². The summed E-state index contributed by atoms with van der Waals surface area (Å²) in [6.07, 6.45) is 4.74. The second kappa shape index (κ2) is 7.30. The molecule has 3 atom stereocenters. The zero-order valence-corrected chi connectivity index (χ0v) is 16.8. The van der Waals surface area contributed by atoms with Crippen LogP contribution in [0.5, 0.6) is 0 Å². The van der Waals surface area contributed by atoms with Crippen molar-refractivity contribution in [3.05, 3.63) is 23.0 Å². The number of aromatic nitrogens is 3. The van der Waals surface area contributed by atoms with Crippen LogP contribution in [0.3, 0.4) is 0 Å². The molecule has 2 aliphatic rings. The maximum atomic E-state index is 15.1. The van der Waals surface area contributed by atoms with Gasteiger partial charge in [-0.2, -0.15) is 0 Å². The van der Waals surface area contributed by atoms with Crippen molar-refractivity contribution in [2.75, 3.05) is 18.1 Å². The van der Waals surface area contributed by atoms with E-state index in [1.54, 1.807) is 6.92 Å².